The van der Waals surface area contributed by atoms with Crippen LogP contribution in [0.4, 0.5) is 0 Å². The first-order chi connectivity index (χ1) is 9.24. The van der Waals surface area contributed by atoms with Gasteiger partial charge in [0.05, 0.1) is 19.4 Å². The van der Waals surface area contributed by atoms with Crippen molar-refractivity contribution in [3.8, 4) is 11.6 Å². The van der Waals surface area contributed by atoms with Crippen LogP contribution < -0.4 is 9.47 Å². The molecular formula is C15H17NO3. The Kier molecular flexibility index (Phi) is 4.36. The number of ether oxygens (including phenoxy) is 2. The van der Waals surface area contributed by atoms with E-state index in [0.717, 1.165) is 22.6 Å². The van der Waals surface area contributed by atoms with Gasteiger partial charge in [0.15, 0.2) is 0 Å². The van der Waals surface area contributed by atoms with E-state index in [0.29, 0.717) is 12.5 Å². The maximum absolute atomic E-state index is 9.31. The van der Waals surface area contributed by atoms with Crippen LogP contribution in [0.15, 0.2) is 36.4 Å². The molecule has 4 nitrogen and oxygen atoms in total. The van der Waals surface area contributed by atoms with Crippen LogP contribution in [0.1, 0.15) is 16.8 Å². The van der Waals surface area contributed by atoms with Gasteiger partial charge in [0.2, 0.25) is 5.88 Å². The highest BCUT2D eigenvalue weighted by molar-refractivity contribution is 5.40. The van der Waals surface area contributed by atoms with Crippen LogP contribution in [0.3, 0.4) is 0 Å². The van der Waals surface area contributed by atoms with Crippen molar-refractivity contribution in [3.63, 3.8) is 0 Å². The molecule has 0 unspecified atom stereocenters. The van der Waals surface area contributed by atoms with Crippen molar-refractivity contribution in [1.82, 2.24) is 4.98 Å². The molecule has 19 heavy (non-hydrogen) atoms. The monoisotopic (exact) mass is 259 g/mol. The first kappa shape index (κ1) is 13.4. The lowest BCUT2D eigenvalue weighted by atomic mass is 10.1. The molecule has 0 saturated heterocycles. The van der Waals surface area contributed by atoms with Gasteiger partial charge < -0.3 is 14.6 Å². The molecule has 0 aliphatic rings. The average Bonchev–Trinajstić information content (AvgIpc) is 2.46. The Hall–Kier alpha value is -2.07. The molecule has 0 aliphatic carbocycles. The fraction of sp³-hybridized carbons (Fsp3) is 0.267. The molecule has 0 radical (unpaired) electrons. The van der Waals surface area contributed by atoms with E-state index in [1.807, 2.05) is 37.3 Å². The van der Waals surface area contributed by atoms with Crippen molar-refractivity contribution in [2.24, 2.45) is 0 Å². The summed E-state index contributed by atoms with van der Waals surface area (Å²) in [4.78, 5) is 4.28. The Labute approximate surface area is 112 Å². The molecule has 0 bridgehead atoms. The van der Waals surface area contributed by atoms with Crippen molar-refractivity contribution >= 4 is 0 Å². The summed E-state index contributed by atoms with van der Waals surface area (Å²) >= 11 is 0. The van der Waals surface area contributed by atoms with Gasteiger partial charge in [0.25, 0.3) is 0 Å². The second-order valence-corrected chi connectivity index (χ2v) is 4.18. The Bertz CT molecular complexity index is 555. The standard InChI is InChI=1S/C15H17NO3/c1-11-5-3-6-12(9-17)15(11)19-10-13-7-4-8-14(16-13)18-2/h3-8,17H,9-10H2,1-2H3. The molecule has 1 aromatic heterocycles. The van der Waals surface area contributed by atoms with Crippen molar-refractivity contribution in [1.29, 1.82) is 0 Å². The summed E-state index contributed by atoms with van der Waals surface area (Å²) in [7, 11) is 1.58. The molecule has 1 aromatic carbocycles. The molecule has 0 atom stereocenters. The maximum atomic E-state index is 9.31. The van der Waals surface area contributed by atoms with Gasteiger partial charge in [-0.15, -0.1) is 0 Å². The zero-order valence-corrected chi connectivity index (χ0v) is 11.1. The number of aryl methyl sites for hydroxylation is 1. The number of pyridine rings is 1. The summed E-state index contributed by atoms with van der Waals surface area (Å²) < 4.78 is 10.8. The third-order valence-electron chi connectivity index (χ3n) is 2.82. The molecule has 0 amide bonds. The number of hydrogen-bond donors (Lipinski definition) is 1. The van der Waals surface area contributed by atoms with E-state index in [1.165, 1.54) is 0 Å². The fourth-order valence-corrected chi connectivity index (χ4v) is 1.84. The SMILES string of the molecule is COc1cccc(COc2c(C)cccc2CO)n1. The number of rotatable bonds is 5. The van der Waals surface area contributed by atoms with Gasteiger partial charge >= 0.3 is 0 Å². The van der Waals surface area contributed by atoms with Crippen molar-refractivity contribution in [3.05, 3.63) is 53.2 Å². The number of para-hydroxylation sites is 1. The number of aliphatic hydroxyl groups is 1. The maximum Gasteiger partial charge on any atom is 0.213 e. The lowest BCUT2D eigenvalue weighted by Crippen LogP contribution is -2.03. The first-order valence-corrected chi connectivity index (χ1v) is 6.06. The van der Waals surface area contributed by atoms with Crippen LogP contribution in [0, 0.1) is 6.92 Å². The van der Waals surface area contributed by atoms with Crippen LogP contribution in [0.25, 0.3) is 0 Å². The van der Waals surface area contributed by atoms with E-state index in [-0.39, 0.29) is 6.61 Å². The largest absolute Gasteiger partial charge is 0.487 e. The van der Waals surface area contributed by atoms with Crippen LogP contribution in [0.5, 0.6) is 11.6 Å². The molecule has 0 spiro atoms. The molecule has 1 heterocycles. The highest BCUT2D eigenvalue weighted by Gasteiger charge is 2.07. The van der Waals surface area contributed by atoms with Gasteiger partial charge in [0, 0.05) is 11.6 Å². The molecular weight excluding hydrogens is 242 g/mol. The molecule has 0 aliphatic heterocycles. The number of benzene rings is 1. The van der Waals surface area contributed by atoms with Crippen LogP contribution in [-0.2, 0) is 13.2 Å². The quantitative estimate of drug-likeness (QED) is 0.896. The Morgan fingerprint density at radius 3 is 2.68 bits per heavy atom. The number of aromatic nitrogens is 1. The predicted molar refractivity (Wildman–Crippen MR) is 72.2 cm³/mol. The molecule has 1 N–H and O–H groups in total. The molecule has 0 fully saturated rings. The lowest BCUT2D eigenvalue weighted by molar-refractivity contribution is 0.255. The van der Waals surface area contributed by atoms with Gasteiger partial charge in [0.1, 0.15) is 12.4 Å². The van der Waals surface area contributed by atoms with Gasteiger partial charge in [-0.05, 0) is 18.6 Å². The fourth-order valence-electron chi connectivity index (χ4n) is 1.84. The van der Waals surface area contributed by atoms with Crippen molar-refractivity contribution < 1.29 is 14.6 Å². The second kappa shape index (κ2) is 6.20. The van der Waals surface area contributed by atoms with E-state index in [4.69, 9.17) is 9.47 Å². The summed E-state index contributed by atoms with van der Waals surface area (Å²) in [6.45, 7) is 2.26. The first-order valence-electron chi connectivity index (χ1n) is 6.06. The highest BCUT2D eigenvalue weighted by Crippen LogP contribution is 2.24. The van der Waals surface area contributed by atoms with Crippen LogP contribution >= 0.6 is 0 Å². The summed E-state index contributed by atoms with van der Waals surface area (Å²) in [6.07, 6.45) is 0. The number of hydrogen-bond acceptors (Lipinski definition) is 4. The minimum Gasteiger partial charge on any atom is -0.487 e. The summed E-state index contributed by atoms with van der Waals surface area (Å²) in [6, 6.07) is 11.2. The van der Waals surface area contributed by atoms with Crippen molar-refractivity contribution in [2.45, 2.75) is 20.1 Å². The molecule has 2 rings (SSSR count). The zero-order valence-electron chi connectivity index (χ0n) is 11.1. The minimum absolute atomic E-state index is 0.0391. The van der Waals surface area contributed by atoms with Gasteiger partial charge in [-0.25, -0.2) is 4.98 Å². The predicted octanol–water partition coefficient (Wildman–Crippen LogP) is 2.47. The molecule has 100 valence electrons. The Morgan fingerprint density at radius 1 is 1.16 bits per heavy atom. The van der Waals surface area contributed by atoms with Gasteiger partial charge in [-0.3, -0.25) is 0 Å². The smallest absolute Gasteiger partial charge is 0.213 e. The van der Waals surface area contributed by atoms with Crippen LogP contribution in [-0.4, -0.2) is 17.2 Å². The summed E-state index contributed by atoms with van der Waals surface area (Å²) in [5.41, 5.74) is 2.56. The zero-order chi connectivity index (χ0) is 13.7. The van der Waals surface area contributed by atoms with E-state index in [2.05, 4.69) is 4.98 Å². The summed E-state index contributed by atoms with van der Waals surface area (Å²) in [5.74, 6) is 1.28. The Balaban J connectivity index is 2.14. The van der Waals surface area contributed by atoms with E-state index in [1.54, 1.807) is 13.2 Å². The van der Waals surface area contributed by atoms with Gasteiger partial charge in [-0.1, -0.05) is 24.3 Å². The highest BCUT2D eigenvalue weighted by atomic mass is 16.5. The third-order valence-corrected chi connectivity index (χ3v) is 2.82. The number of aliphatic hydroxyl groups excluding tert-OH is 1. The topological polar surface area (TPSA) is 51.6 Å². The average molecular weight is 259 g/mol. The van der Waals surface area contributed by atoms with E-state index >= 15 is 0 Å². The second-order valence-electron chi connectivity index (χ2n) is 4.18. The van der Waals surface area contributed by atoms with E-state index in [9.17, 15) is 5.11 Å². The molecule has 2 aromatic rings. The van der Waals surface area contributed by atoms with Crippen LogP contribution in [0.2, 0.25) is 0 Å². The Morgan fingerprint density at radius 2 is 1.95 bits per heavy atom. The number of methoxy groups -OCH3 is 1. The van der Waals surface area contributed by atoms with Crippen molar-refractivity contribution in [2.75, 3.05) is 7.11 Å². The van der Waals surface area contributed by atoms with Gasteiger partial charge in [-0.2, -0.15) is 0 Å². The third kappa shape index (κ3) is 3.23. The normalized spacial score (nSPS) is 10.3. The minimum atomic E-state index is -0.0391. The molecule has 0 saturated carbocycles. The summed E-state index contributed by atoms with van der Waals surface area (Å²) in [5, 5.41) is 9.31. The number of nitrogens with zero attached hydrogens (tertiary/aromatic N) is 1. The molecule has 4 heteroatoms. The van der Waals surface area contributed by atoms with E-state index < -0.39 is 0 Å². The lowest BCUT2D eigenvalue weighted by Gasteiger charge is -2.12.